The van der Waals surface area contributed by atoms with Crippen LogP contribution in [-0.2, 0) is 0 Å². The van der Waals surface area contributed by atoms with Crippen LogP contribution in [0.5, 0.6) is 0 Å². The van der Waals surface area contributed by atoms with Crippen molar-refractivity contribution in [2.24, 2.45) is 0 Å². The van der Waals surface area contributed by atoms with Crippen molar-refractivity contribution in [1.82, 2.24) is 19.9 Å². The normalized spacial score (nSPS) is 10.3. The minimum atomic E-state index is 0.679. The average molecular weight is 200 g/mol. The molecule has 2 rings (SSSR count). The SMILES string of the molecule is Cc1cnc(-c2cnc(C)nc2C)nc1. The molecular formula is C11H12N4. The van der Waals surface area contributed by atoms with E-state index in [0.29, 0.717) is 5.82 Å². The first-order chi connectivity index (χ1) is 7.16. The summed E-state index contributed by atoms with van der Waals surface area (Å²) in [6.45, 7) is 5.77. The Labute approximate surface area is 88.5 Å². The lowest BCUT2D eigenvalue weighted by atomic mass is 10.2. The minimum Gasteiger partial charge on any atom is -0.241 e. The quantitative estimate of drug-likeness (QED) is 0.705. The van der Waals surface area contributed by atoms with Gasteiger partial charge in [-0.2, -0.15) is 0 Å². The fraction of sp³-hybridized carbons (Fsp3) is 0.273. The summed E-state index contributed by atoms with van der Waals surface area (Å²) in [6, 6.07) is 0. The molecule has 15 heavy (non-hydrogen) atoms. The summed E-state index contributed by atoms with van der Waals surface area (Å²) in [5, 5.41) is 0. The first-order valence-corrected chi connectivity index (χ1v) is 4.76. The maximum absolute atomic E-state index is 4.28. The van der Waals surface area contributed by atoms with E-state index in [1.165, 1.54) is 0 Å². The van der Waals surface area contributed by atoms with Crippen LogP contribution < -0.4 is 0 Å². The molecule has 0 N–H and O–H groups in total. The zero-order valence-electron chi connectivity index (χ0n) is 9.02. The third-order valence-corrected chi connectivity index (χ3v) is 2.12. The molecule has 0 unspecified atom stereocenters. The highest BCUT2D eigenvalue weighted by molar-refractivity contribution is 5.55. The van der Waals surface area contributed by atoms with Crippen LogP contribution in [0.3, 0.4) is 0 Å². The summed E-state index contributed by atoms with van der Waals surface area (Å²) in [7, 11) is 0. The number of nitrogens with zero attached hydrogens (tertiary/aromatic N) is 4. The van der Waals surface area contributed by atoms with E-state index in [2.05, 4.69) is 19.9 Å². The molecule has 0 saturated carbocycles. The standard InChI is InChI=1S/C11H12N4/c1-7-4-13-11(14-5-7)10-6-12-9(3)15-8(10)2/h4-6H,1-3H3. The van der Waals surface area contributed by atoms with Gasteiger partial charge in [-0.25, -0.2) is 19.9 Å². The number of aromatic nitrogens is 4. The van der Waals surface area contributed by atoms with Gasteiger partial charge in [0.25, 0.3) is 0 Å². The van der Waals surface area contributed by atoms with Crippen molar-refractivity contribution in [2.45, 2.75) is 20.8 Å². The topological polar surface area (TPSA) is 51.6 Å². The summed E-state index contributed by atoms with van der Waals surface area (Å²) < 4.78 is 0. The lowest BCUT2D eigenvalue weighted by molar-refractivity contribution is 1.00. The van der Waals surface area contributed by atoms with Crippen LogP contribution in [-0.4, -0.2) is 19.9 Å². The van der Waals surface area contributed by atoms with E-state index in [4.69, 9.17) is 0 Å². The van der Waals surface area contributed by atoms with E-state index < -0.39 is 0 Å². The predicted octanol–water partition coefficient (Wildman–Crippen LogP) is 1.86. The van der Waals surface area contributed by atoms with Gasteiger partial charge in [-0.15, -0.1) is 0 Å². The number of hydrogen-bond donors (Lipinski definition) is 0. The highest BCUT2D eigenvalue weighted by atomic mass is 14.9. The molecule has 2 aromatic heterocycles. The molecule has 0 amide bonds. The van der Waals surface area contributed by atoms with E-state index in [1.807, 2.05) is 20.8 Å². The molecular weight excluding hydrogens is 188 g/mol. The molecule has 2 aromatic rings. The second-order valence-electron chi connectivity index (χ2n) is 3.50. The third-order valence-electron chi connectivity index (χ3n) is 2.12. The summed E-state index contributed by atoms with van der Waals surface area (Å²) >= 11 is 0. The predicted molar refractivity (Wildman–Crippen MR) is 57.3 cm³/mol. The molecule has 0 atom stereocenters. The van der Waals surface area contributed by atoms with Crippen LogP contribution in [0.4, 0.5) is 0 Å². The van der Waals surface area contributed by atoms with E-state index in [-0.39, 0.29) is 0 Å². The largest absolute Gasteiger partial charge is 0.241 e. The van der Waals surface area contributed by atoms with E-state index in [9.17, 15) is 0 Å². The van der Waals surface area contributed by atoms with Crippen molar-refractivity contribution in [3.05, 3.63) is 35.7 Å². The number of aryl methyl sites for hydroxylation is 3. The molecule has 0 saturated heterocycles. The molecule has 0 aliphatic heterocycles. The van der Waals surface area contributed by atoms with E-state index in [1.54, 1.807) is 18.6 Å². The Kier molecular flexibility index (Phi) is 2.41. The average Bonchev–Trinajstić information content (AvgIpc) is 2.20. The van der Waals surface area contributed by atoms with Gasteiger partial charge >= 0.3 is 0 Å². The molecule has 0 aliphatic rings. The highest BCUT2D eigenvalue weighted by Crippen LogP contribution is 2.16. The Hall–Kier alpha value is -1.84. The Morgan fingerprint density at radius 2 is 1.53 bits per heavy atom. The van der Waals surface area contributed by atoms with Gasteiger partial charge in [-0.1, -0.05) is 0 Å². The van der Waals surface area contributed by atoms with Crippen LogP contribution in [0.2, 0.25) is 0 Å². The molecule has 0 fully saturated rings. The van der Waals surface area contributed by atoms with Crippen molar-refractivity contribution >= 4 is 0 Å². The van der Waals surface area contributed by atoms with Crippen LogP contribution in [0.1, 0.15) is 17.1 Å². The van der Waals surface area contributed by atoms with Gasteiger partial charge in [-0.3, -0.25) is 0 Å². The second-order valence-corrected chi connectivity index (χ2v) is 3.50. The van der Waals surface area contributed by atoms with Crippen molar-refractivity contribution in [3.63, 3.8) is 0 Å². The summed E-state index contributed by atoms with van der Waals surface area (Å²) in [6.07, 6.45) is 5.35. The van der Waals surface area contributed by atoms with Crippen LogP contribution >= 0.6 is 0 Å². The molecule has 0 bridgehead atoms. The summed E-state index contributed by atoms with van der Waals surface area (Å²) in [5.74, 6) is 1.45. The van der Waals surface area contributed by atoms with Gasteiger partial charge in [0, 0.05) is 18.6 Å². The lowest BCUT2D eigenvalue weighted by Gasteiger charge is -2.03. The van der Waals surface area contributed by atoms with Crippen LogP contribution in [0, 0.1) is 20.8 Å². The van der Waals surface area contributed by atoms with Crippen LogP contribution in [0.15, 0.2) is 18.6 Å². The van der Waals surface area contributed by atoms with Gasteiger partial charge in [0.05, 0.1) is 11.3 Å². The summed E-state index contributed by atoms with van der Waals surface area (Å²) in [5.41, 5.74) is 2.84. The number of rotatable bonds is 1. The first-order valence-electron chi connectivity index (χ1n) is 4.76. The molecule has 4 nitrogen and oxygen atoms in total. The molecule has 0 aromatic carbocycles. The molecule has 0 radical (unpaired) electrons. The van der Waals surface area contributed by atoms with Crippen LogP contribution in [0.25, 0.3) is 11.4 Å². The Balaban J connectivity index is 2.49. The fourth-order valence-corrected chi connectivity index (χ4v) is 1.33. The monoisotopic (exact) mass is 200 g/mol. The molecule has 0 aliphatic carbocycles. The fourth-order valence-electron chi connectivity index (χ4n) is 1.33. The Morgan fingerprint density at radius 3 is 2.13 bits per heavy atom. The number of hydrogen-bond acceptors (Lipinski definition) is 4. The maximum atomic E-state index is 4.28. The highest BCUT2D eigenvalue weighted by Gasteiger charge is 2.06. The smallest absolute Gasteiger partial charge is 0.162 e. The van der Waals surface area contributed by atoms with E-state index >= 15 is 0 Å². The van der Waals surface area contributed by atoms with Gasteiger partial charge in [-0.05, 0) is 26.3 Å². The zero-order chi connectivity index (χ0) is 10.8. The third kappa shape index (κ3) is 1.98. The zero-order valence-corrected chi connectivity index (χ0v) is 9.02. The Morgan fingerprint density at radius 1 is 0.867 bits per heavy atom. The van der Waals surface area contributed by atoms with Crippen molar-refractivity contribution in [1.29, 1.82) is 0 Å². The molecule has 0 spiro atoms. The molecule has 2 heterocycles. The Bertz CT molecular complexity index is 476. The van der Waals surface area contributed by atoms with Gasteiger partial charge < -0.3 is 0 Å². The summed E-state index contributed by atoms with van der Waals surface area (Å²) in [4.78, 5) is 16.9. The first kappa shape index (κ1) is 9.71. The van der Waals surface area contributed by atoms with Crippen molar-refractivity contribution in [2.75, 3.05) is 0 Å². The van der Waals surface area contributed by atoms with E-state index in [0.717, 1.165) is 22.6 Å². The lowest BCUT2D eigenvalue weighted by Crippen LogP contribution is -1.97. The van der Waals surface area contributed by atoms with Gasteiger partial charge in [0.1, 0.15) is 5.82 Å². The minimum absolute atomic E-state index is 0.679. The molecule has 76 valence electrons. The van der Waals surface area contributed by atoms with Gasteiger partial charge in [0.15, 0.2) is 5.82 Å². The van der Waals surface area contributed by atoms with Crippen molar-refractivity contribution < 1.29 is 0 Å². The molecule has 4 heteroatoms. The second kappa shape index (κ2) is 3.73. The maximum Gasteiger partial charge on any atom is 0.162 e. The van der Waals surface area contributed by atoms with Gasteiger partial charge in [0.2, 0.25) is 0 Å². The van der Waals surface area contributed by atoms with Crippen molar-refractivity contribution in [3.8, 4) is 11.4 Å².